The van der Waals surface area contributed by atoms with Gasteiger partial charge in [0.25, 0.3) is 5.78 Å². The molecule has 0 radical (unpaired) electrons. The second kappa shape index (κ2) is 2.51. The fourth-order valence-electron chi connectivity index (χ4n) is 0.972. The highest BCUT2D eigenvalue weighted by molar-refractivity contribution is 5.25. The molecule has 2 aromatic rings. The van der Waals surface area contributed by atoms with Crippen LogP contribution in [-0.4, -0.2) is 25.4 Å². The smallest absolute Gasteiger partial charge is 0.270 e. The van der Waals surface area contributed by atoms with E-state index in [1.807, 2.05) is 20.0 Å². The fourth-order valence-corrected chi connectivity index (χ4v) is 0.972. The summed E-state index contributed by atoms with van der Waals surface area (Å²) in [5.41, 5.74) is 0. The van der Waals surface area contributed by atoms with Crippen LogP contribution in [0.5, 0.6) is 0 Å². The normalized spacial score (nSPS) is 11.2. The Labute approximate surface area is 69.5 Å². The molecule has 2 aromatic heterocycles. The molecule has 0 bridgehead atoms. The Balaban J connectivity index is 2.40. The lowest BCUT2D eigenvalue weighted by Gasteiger charge is -2.06. The van der Waals surface area contributed by atoms with E-state index in [0.29, 0.717) is 5.78 Å². The minimum absolute atomic E-state index is 0.102. The van der Waals surface area contributed by atoms with Crippen molar-refractivity contribution in [2.75, 3.05) is 0 Å². The van der Waals surface area contributed by atoms with E-state index in [1.165, 1.54) is 4.85 Å². The van der Waals surface area contributed by atoms with Gasteiger partial charge in [0.05, 0.1) is 0 Å². The molecule has 0 aliphatic carbocycles. The van der Waals surface area contributed by atoms with Crippen molar-refractivity contribution in [2.24, 2.45) is 0 Å². The van der Waals surface area contributed by atoms with Crippen molar-refractivity contribution in [3.05, 3.63) is 18.7 Å². The molecule has 0 aliphatic heterocycles. The van der Waals surface area contributed by atoms with E-state index < -0.39 is 0 Å². The predicted octanol–water partition coefficient (Wildman–Crippen LogP) is 0.368. The molecule has 0 unspecified atom stereocenters. The number of rotatable bonds is 2. The summed E-state index contributed by atoms with van der Waals surface area (Å²) in [5.74, 6) is 0.698. The van der Waals surface area contributed by atoms with E-state index >= 15 is 0 Å². The van der Waals surface area contributed by atoms with Gasteiger partial charge in [-0.1, -0.05) is 4.85 Å². The molecule has 5 heteroatoms. The summed E-state index contributed by atoms with van der Waals surface area (Å²) in [6.45, 7) is 3.89. The first-order valence-electron chi connectivity index (χ1n) is 3.81. The minimum atomic E-state index is 0.102. The maximum absolute atomic E-state index is 5.35. The third-order valence-corrected chi connectivity index (χ3v) is 1.41. The van der Waals surface area contributed by atoms with Crippen LogP contribution < -0.4 is 4.84 Å². The molecule has 0 atom stereocenters. The lowest BCUT2D eigenvalue weighted by Crippen LogP contribution is -2.20. The summed E-state index contributed by atoms with van der Waals surface area (Å²) in [6, 6.07) is 0. The van der Waals surface area contributed by atoms with Gasteiger partial charge in [-0.25, -0.2) is 4.98 Å². The van der Waals surface area contributed by atoms with Crippen LogP contribution in [0.4, 0.5) is 0 Å². The lowest BCUT2D eigenvalue weighted by atomic mass is 10.5. The van der Waals surface area contributed by atoms with Gasteiger partial charge in [-0.2, -0.15) is 0 Å². The van der Waals surface area contributed by atoms with E-state index in [-0.39, 0.29) is 6.10 Å². The molecule has 2 rings (SSSR count). The Morgan fingerprint density at radius 2 is 2.33 bits per heavy atom. The van der Waals surface area contributed by atoms with Crippen molar-refractivity contribution >= 4 is 5.78 Å². The molecule has 0 fully saturated rings. The molecule has 0 aromatic carbocycles. The first-order chi connectivity index (χ1) is 5.77. The van der Waals surface area contributed by atoms with Gasteiger partial charge < -0.3 is 4.84 Å². The van der Waals surface area contributed by atoms with Crippen LogP contribution in [0.15, 0.2) is 18.7 Å². The molecule has 5 nitrogen and oxygen atoms in total. The monoisotopic (exact) mass is 166 g/mol. The van der Waals surface area contributed by atoms with Crippen LogP contribution in [-0.2, 0) is 0 Å². The number of nitrogens with zero attached hydrogens (tertiary/aromatic N) is 4. The summed E-state index contributed by atoms with van der Waals surface area (Å²) in [4.78, 5) is 10.8. The minimum Gasteiger partial charge on any atom is -0.391 e. The highest BCUT2D eigenvalue weighted by atomic mass is 16.7. The molecular formula is C7H10N4O. The average molecular weight is 166 g/mol. The molecule has 0 spiro atoms. The molecular weight excluding hydrogens is 156 g/mol. The number of hydrogen-bond donors (Lipinski definition) is 0. The van der Waals surface area contributed by atoms with Gasteiger partial charge in [-0.15, -0.1) is 5.10 Å². The third kappa shape index (κ3) is 1.03. The first-order valence-corrected chi connectivity index (χ1v) is 3.81. The molecule has 0 saturated carbocycles. The summed E-state index contributed by atoms with van der Waals surface area (Å²) < 4.78 is 1.79. The zero-order valence-corrected chi connectivity index (χ0v) is 7.01. The topological polar surface area (TPSA) is 44.4 Å². The van der Waals surface area contributed by atoms with Crippen LogP contribution in [0, 0.1) is 0 Å². The molecule has 2 heterocycles. The first kappa shape index (κ1) is 7.15. The summed E-state index contributed by atoms with van der Waals surface area (Å²) in [6.07, 6.45) is 5.29. The van der Waals surface area contributed by atoms with Crippen molar-refractivity contribution in [3.63, 3.8) is 0 Å². The Hall–Kier alpha value is -1.52. The zero-order chi connectivity index (χ0) is 8.55. The standard InChI is InChI=1S/C7H10N4O/c1-6(2)12-11-7-8-3-4-10(7)5-9-11/h3-6H,1-2H3. The summed E-state index contributed by atoms with van der Waals surface area (Å²) in [7, 11) is 0. The second-order valence-electron chi connectivity index (χ2n) is 2.79. The number of hydrogen-bond acceptors (Lipinski definition) is 3. The number of imidazole rings is 1. The van der Waals surface area contributed by atoms with E-state index in [4.69, 9.17) is 4.84 Å². The Morgan fingerprint density at radius 3 is 3.08 bits per heavy atom. The molecule has 64 valence electrons. The van der Waals surface area contributed by atoms with E-state index in [2.05, 4.69) is 10.1 Å². The van der Waals surface area contributed by atoms with Crippen molar-refractivity contribution in [1.29, 1.82) is 0 Å². The summed E-state index contributed by atoms with van der Waals surface area (Å²) >= 11 is 0. The average Bonchev–Trinajstić information content (AvgIpc) is 2.52. The van der Waals surface area contributed by atoms with E-state index in [9.17, 15) is 0 Å². The zero-order valence-electron chi connectivity index (χ0n) is 7.01. The maximum Gasteiger partial charge on any atom is 0.270 e. The van der Waals surface area contributed by atoms with Gasteiger partial charge in [0.1, 0.15) is 12.4 Å². The molecule has 0 amide bonds. The van der Waals surface area contributed by atoms with E-state index in [1.54, 1.807) is 16.9 Å². The number of fused-ring (bicyclic) bond motifs is 1. The van der Waals surface area contributed by atoms with Gasteiger partial charge >= 0.3 is 0 Å². The van der Waals surface area contributed by atoms with Crippen LogP contribution in [0.3, 0.4) is 0 Å². The van der Waals surface area contributed by atoms with Gasteiger partial charge in [0.2, 0.25) is 0 Å². The Bertz CT molecular complexity index is 375. The van der Waals surface area contributed by atoms with Gasteiger partial charge in [-0.3, -0.25) is 4.40 Å². The molecule has 12 heavy (non-hydrogen) atoms. The van der Waals surface area contributed by atoms with Crippen LogP contribution in [0.25, 0.3) is 5.78 Å². The lowest BCUT2D eigenvalue weighted by molar-refractivity contribution is 0.0429. The maximum atomic E-state index is 5.35. The van der Waals surface area contributed by atoms with Crippen LogP contribution >= 0.6 is 0 Å². The van der Waals surface area contributed by atoms with Crippen LogP contribution in [0.2, 0.25) is 0 Å². The third-order valence-electron chi connectivity index (χ3n) is 1.41. The fraction of sp³-hybridized carbons (Fsp3) is 0.429. The van der Waals surface area contributed by atoms with E-state index in [0.717, 1.165) is 0 Å². The quantitative estimate of drug-likeness (QED) is 0.647. The Kier molecular flexibility index (Phi) is 1.49. The summed E-state index contributed by atoms with van der Waals surface area (Å²) in [5, 5.41) is 3.99. The van der Waals surface area contributed by atoms with Crippen molar-refractivity contribution in [1.82, 2.24) is 19.3 Å². The van der Waals surface area contributed by atoms with Crippen LogP contribution in [0.1, 0.15) is 13.8 Å². The van der Waals surface area contributed by atoms with Gasteiger partial charge in [-0.05, 0) is 13.8 Å². The highest BCUT2D eigenvalue weighted by Gasteiger charge is 2.04. The number of aromatic nitrogens is 4. The van der Waals surface area contributed by atoms with Crippen molar-refractivity contribution in [3.8, 4) is 0 Å². The molecule has 0 saturated heterocycles. The van der Waals surface area contributed by atoms with Crippen molar-refractivity contribution < 1.29 is 4.84 Å². The Morgan fingerprint density at radius 1 is 1.50 bits per heavy atom. The molecule has 0 aliphatic rings. The second-order valence-corrected chi connectivity index (χ2v) is 2.79. The SMILES string of the molecule is CC(C)On1ncn2ccnc12. The predicted molar refractivity (Wildman–Crippen MR) is 42.7 cm³/mol. The largest absolute Gasteiger partial charge is 0.391 e. The van der Waals surface area contributed by atoms with Gasteiger partial charge in [0.15, 0.2) is 0 Å². The molecule has 0 N–H and O–H groups in total. The van der Waals surface area contributed by atoms with Crippen molar-refractivity contribution in [2.45, 2.75) is 20.0 Å². The van der Waals surface area contributed by atoms with Gasteiger partial charge in [0, 0.05) is 12.4 Å². The highest BCUT2D eigenvalue weighted by Crippen LogP contribution is 1.97.